The Kier molecular flexibility index (Phi) is 5.72. The van der Waals surface area contributed by atoms with Gasteiger partial charge in [0.05, 0.1) is 10.9 Å². The van der Waals surface area contributed by atoms with E-state index < -0.39 is 24.5 Å². The summed E-state index contributed by atoms with van der Waals surface area (Å²) in [6, 6.07) is 2.47. The fourth-order valence-corrected chi connectivity index (χ4v) is 1.36. The van der Waals surface area contributed by atoms with Crippen LogP contribution in [0.5, 0.6) is 0 Å². The Morgan fingerprint density at radius 3 is 2.31 bits per heavy atom. The molecule has 0 aliphatic carbocycles. The van der Waals surface area contributed by atoms with Crippen molar-refractivity contribution >= 4 is 28.3 Å². The molecule has 2 N–H and O–H groups in total. The van der Waals surface area contributed by atoms with Crippen molar-refractivity contribution < 1.29 is 17.6 Å². The number of benzene rings is 1. The number of nitrogens with two attached hydrogens (primary N) is 1. The summed E-state index contributed by atoms with van der Waals surface area (Å²) in [4.78, 5) is 0. The summed E-state index contributed by atoms with van der Waals surface area (Å²) in [5, 5.41) is 0. The molecule has 0 saturated carbocycles. The molecule has 0 aliphatic heterocycles. The number of alkyl halides is 3. The lowest BCUT2D eigenvalue weighted by molar-refractivity contribution is -0.138. The lowest BCUT2D eigenvalue weighted by Crippen LogP contribution is -2.20. The average Bonchev–Trinajstić information content (AvgIpc) is 2.06. The van der Waals surface area contributed by atoms with E-state index in [9.17, 15) is 17.6 Å². The molecule has 0 heterocycles. The van der Waals surface area contributed by atoms with Crippen molar-refractivity contribution in [1.29, 1.82) is 0 Å². The zero-order valence-corrected chi connectivity index (χ0v) is 10.3. The highest BCUT2D eigenvalue weighted by Crippen LogP contribution is 2.29. The van der Waals surface area contributed by atoms with Gasteiger partial charge in [-0.3, -0.25) is 0 Å². The van der Waals surface area contributed by atoms with E-state index in [2.05, 4.69) is 15.9 Å². The quantitative estimate of drug-likeness (QED) is 0.819. The summed E-state index contributed by atoms with van der Waals surface area (Å²) in [6.07, 6.45) is -5.50. The van der Waals surface area contributed by atoms with Crippen LogP contribution in [-0.4, -0.2) is 6.18 Å². The first kappa shape index (κ1) is 15.7. The van der Waals surface area contributed by atoms with Crippen LogP contribution in [0.25, 0.3) is 0 Å². The first-order chi connectivity index (χ1) is 6.79. The normalized spacial score (nSPS) is 13.1. The molecule has 0 aromatic heterocycles. The Morgan fingerprint density at radius 2 is 1.88 bits per heavy atom. The third-order valence-electron chi connectivity index (χ3n) is 1.82. The van der Waals surface area contributed by atoms with E-state index in [1.54, 1.807) is 0 Å². The molecule has 0 spiro atoms. The molecule has 0 unspecified atom stereocenters. The molecule has 1 aromatic carbocycles. The Bertz CT molecular complexity index is 356. The van der Waals surface area contributed by atoms with Gasteiger partial charge in [-0.1, -0.05) is 6.07 Å². The van der Waals surface area contributed by atoms with Crippen molar-refractivity contribution in [3.63, 3.8) is 0 Å². The topological polar surface area (TPSA) is 26.0 Å². The maximum absolute atomic E-state index is 13.0. The van der Waals surface area contributed by atoms with Gasteiger partial charge in [-0.05, 0) is 33.6 Å². The van der Waals surface area contributed by atoms with Crippen molar-refractivity contribution in [3.8, 4) is 0 Å². The minimum Gasteiger partial charge on any atom is -0.324 e. The van der Waals surface area contributed by atoms with Gasteiger partial charge in [0.2, 0.25) is 0 Å². The molecule has 0 bridgehead atoms. The van der Waals surface area contributed by atoms with Crippen LogP contribution in [0, 0.1) is 5.82 Å². The molecule has 92 valence electrons. The van der Waals surface area contributed by atoms with Crippen LogP contribution in [0.2, 0.25) is 0 Å². The standard InChI is InChI=1S/C9H8BrF4N.ClH/c10-6-2-1-5(3-7(6)11)8(15)4-9(12,13)14;/h1-3,8H,4,15H2;1H/t8-;/m0./s1. The zero-order chi connectivity index (χ0) is 11.6. The molecule has 1 atom stereocenters. The van der Waals surface area contributed by atoms with Gasteiger partial charge < -0.3 is 5.73 Å². The molecular weight excluding hydrogens is 313 g/mol. The Hall–Kier alpha value is -0.330. The van der Waals surface area contributed by atoms with Crippen molar-refractivity contribution in [2.45, 2.75) is 18.6 Å². The Morgan fingerprint density at radius 1 is 1.31 bits per heavy atom. The predicted molar refractivity (Wildman–Crippen MR) is 58.9 cm³/mol. The summed E-state index contributed by atoms with van der Waals surface area (Å²) in [7, 11) is 0. The van der Waals surface area contributed by atoms with Crippen LogP contribution in [0.4, 0.5) is 17.6 Å². The van der Waals surface area contributed by atoms with Crippen molar-refractivity contribution in [1.82, 2.24) is 0 Å². The second-order valence-electron chi connectivity index (χ2n) is 3.10. The van der Waals surface area contributed by atoms with E-state index in [-0.39, 0.29) is 22.4 Å². The SMILES string of the molecule is Cl.N[C@@H](CC(F)(F)F)c1ccc(Br)c(F)c1. The largest absolute Gasteiger partial charge is 0.390 e. The van der Waals surface area contributed by atoms with Gasteiger partial charge in [-0.25, -0.2) is 4.39 Å². The molecule has 16 heavy (non-hydrogen) atoms. The first-order valence-corrected chi connectivity index (χ1v) is 4.86. The maximum Gasteiger partial charge on any atom is 0.390 e. The predicted octanol–water partition coefficient (Wildman–Crippen LogP) is 3.96. The lowest BCUT2D eigenvalue weighted by atomic mass is 10.0. The molecular formula is C9H9BrClF4N. The summed E-state index contributed by atoms with van der Waals surface area (Å²) in [5.41, 5.74) is 5.43. The summed E-state index contributed by atoms with van der Waals surface area (Å²) in [6.45, 7) is 0. The molecule has 1 rings (SSSR count). The second-order valence-corrected chi connectivity index (χ2v) is 3.95. The summed E-state index contributed by atoms with van der Waals surface area (Å²) < 4.78 is 49.2. The van der Waals surface area contributed by atoms with Crippen molar-refractivity contribution in [2.75, 3.05) is 0 Å². The highest BCUT2D eigenvalue weighted by Gasteiger charge is 2.31. The van der Waals surface area contributed by atoms with Gasteiger partial charge in [0.25, 0.3) is 0 Å². The van der Waals surface area contributed by atoms with Gasteiger partial charge in [0.1, 0.15) is 5.82 Å². The third-order valence-corrected chi connectivity index (χ3v) is 2.47. The molecule has 0 radical (unpaired) electrons. The smallest absolute Gasteiger partial charge is 0.324 e. The fraction of sp³-hybridized carbons (Fsp3) is 0.333. The van der Waals surface area contributed by atoms with E-state index in [0.29, 0.717) is 0 Å². The number of halogens is 6. The second kappa shape index (κ2) is 5.84. The Balaban J connectivity index is 0.00000225. The van der Waals surface area contributed by atoms with Crippen LogP contribution in [0.15, 0.2) is 22.7 Å². The first-order valence-electron chi connectivity index (χ1n) is 4.07. The van der Waals surface area contributed by atoms with Crippen LogP contribution < -0.4 is 5.73 Å². The zero-order valence-electron chi connectivity index (χ0n) is 7.89. The van der Waals surface area contributed by atoms with Crippen LogP contribution in [0.3, 0.4) is 0 Å². The Labute approximate surface area is 105 Å². The highest BCUT2D eigenvalue weighted by molar-refractivity contribution is 9.10. The molecule has 0 aliphatic rings. The molecule has 0 fully saturated rings. The molecule has 1 nitrogen and oxygen atoms in total. The highest BCUT2D eigenvalue weighted by atomic mass is 79.9. The van der Waals surface area contributed by atoms with Crippen molar-refractivity contribution in [2.24, 2.45) is 5.73 Å². The van der Waals surface area contributed by atoms with E-state index in [1.807, 2.05) is 0 Å². The van der Waals surface area contributed by atoms with E-state index >= 15 is 0 Å². The van der Waals surface area contributed by atoms with Crippen molar-refractivity contribution in [3.05, 3.63) is 34.1 Å². The van der Waals surface area contributed by atoms with Gasteiger partial charge in [-0.2, -0.15) is 13.2 Å². The third kappa shape index (κ3) is 4.67. The lowest BCUT2D eigenvalue weighted by Gasteiger charge is -2.14. The van der Waals surface area contributed by atoms with Crippen LogP contribution in [0.1, 0.15) is 18.0 Å². The summed E-state index contributed by atoms with van der Waals surface area (Å²) >= 11 is 2.90. The minimum absolute atomic E-state index is 0. The fourth-order valence-electron chi connectivity index (χ4n) is 1.11. The van der Waals surface area contributed by atoms with Crippen LogP contribution >= 0.6 is 28.3 Å². The van der Waals surface area contributed by atoms with Gasteiger partial charge in [-0.15, -0.1) is 12.4 Å². The summed E-state index contributed by atoms with van der Waals surface area (Å²) in [5.74, 6) is -0.620. The van der Waals surface area contributed by atoms with Gasteiger partial charge in [0.15, 0.2) is 0 Å². The molecule has 0 saturated heterocycles. The maximum atomic E-state index is 13.0. The monoisotopic (exact) mass is 321 g/mol. The van der Waals surface area contributed by atoms with E-state index in [0.717, 1.165) is 6.07 Å². The van der Waals surface area contributed by atoms with E-state index in [4.69, 9.17) is 5.73 Å². The molecule has 1 aromatic rings. The van der Waals surface area contributed by atoms with E-state index in [1.165, 1.54) is 12.1 Å². The number of rotatable bonds is 2. The molecule has 7 heteroatoms. The molecule has 0 amide bonds. The van der Waals surface area contributed by atoms with Crippen LogP contribution in [-0.2, 0) is 0 Å². The minimum atomic E-state index is -4.34. The number of hydrogen-bond donors (Lipinski definition) is 1. The number of hydrogen-bond acceptors (Lipinski definition) is 1. The average molecular weight is 323 g/mol. The van der Waals surface area contributed by atoms with Gasteiger partial charge >= 0.3 is 6.18 Å². The van der Waals surface area contributed by atoms with Gasteiger partial charge in [0, 0.05) is 6.04 Å².